The molecule has 0 aliphatic rings. The van der Waals surface area contributed by atoms with Crippen molar-refractivity contribution >= 4 is 5.71 Å². The van der Waals surface area contributed by atoms with Gasteiger partial charge in [-0.2, -0.15) is 0 Å². The first-order valence-electron chi connectivity index (χ1n) is 4.19. The number of hydrogen-bond acceptors (Lipinski definition) is 3. The van der Waals surface area contributed by atoms with E-state index in [1.54, 1.807) is 6.92 Å². The van der Waals surface area contributed by atoms with E-state index in [-0.39, 0.29) is 0 Å². The Labute approximate surface area is 77.6 Å². The summed E-state index contributed by atoms with van der Waals surface area (Å²) in [6, 6.07) is 7.43. The fraction of sp³-hybridized carbons (Fsp3) is 0.300. The molecule has 3 nitrogen and oxygen atoms in total. The van der Waals surface area contributed by atoms with Gasteiger partial charge in [-0.15, -0.1) is 0 Å². The molecule has 1 N–H and O–H groups in total. The van der Waals surface area contributed by atoms with Crippen LogP contribution in [0.1, 0.15) is 19.4 Å². The van der Waals surface area contributed by atoms with Crippen LogP contribution in [0.3, 0.4) is 0 Å². The molecule has 3 heteroatoms. The zero-order valence-electron chi connectivity index (χ0n) is 7.82. The molecule has 0 spiro atoms. The quantitative estimate of drug-likeness (QED) is 0.439. The maximum atomic E-state index is 8.52. The van der Waals surface area contributed by atoms with Crippen LogP contribution in [0.15, 0.2) is 29.4 Å². The molecule has 0 saturated heterocycles. The van der Waals surface area contributed by atoms with Crippen molar-refractivity contribution in [1.29, 1.82) is 0 Å². The molecule has 1 aromatic rings. The third-order valence-electron chi connectivity index (χ3n) is 1.73. The first-order chi connectivity index (χ1) is 6.27. The van der Waals surface area contributed by atoms with Crippen LogP contribution >= 0.6 is 0 Å². The van der Waals surface area contributed by atoms with Gasteiger partial charge in [0.05, 0.1) is 12.3 Å². The Morgan fingerprint density at radius 1 is 1.38 bits per heavy atom. The Kier molecular flexibility index (Phi) is 3.31. The summed E-state index contributed by atoms with van der Waals surface area (Å²) in [4.78, 5) is 0. The highest BCUT2D eigenvalue weighted by atomic mass is 16.5. The molecule has 0 radical (unpaired) electrons. The summed E-state index contributed by atoms with van der Waals surface area (Å²) in [6.07, 6.45) is 0. The molecule has 1 aromatic carbocycles. The first-order valence-corrected chi connectivity index (χ1v) is 4.19. The van der Waals surface area contributed by atoms with E-state index in [9.17, 15) is 0 Å². The summed E-state index contributed by atoms with van der Waals surface area (Å²) in [5.74, 6) is 0.831. The lowest BCUT2D eigenvalue weighted by Crippen LogP contribution is -1.95. The van der Waals surface area contributed by atoms with Crippen molar-refractivity contribution < 1.29 is 9.94 Å². The van der Waals surface area contributed by atoms with Crippen LogP contribution in [-0.2, 0) is 0 Å². The van der Waals surface area contributed by atoms with E-state index in [2.05, 4.69) is 5.16 Å². The van der Waals surface area contributed by atoms with Gasteiger partial charge in [0.25, 0.3) is 0 Å². The maximum absolute atomic E-state index is 8.52. The van der Waals surface area contributed by atoms with Crippen molar-refractivity contribution in [3.8, 4) is 5.75 Å². The van der Waals surface area contributed by atoms with Crippen LogP contribution in [0.5, 0.6) is 5.75 Å². The minimum atomic E-state index is 0.600. The summed E-state index contributed by atoms with van der Waals surface area (Å²) in [6.45, 7) is 4.34. The minimum absolute atomic E-state index is 0.600. The number of hydrogen-bond donors (Lipinski definition) is 1. The first kappa shape index (κ1) is 9.58. The van der Waals surface area contributed by atoms with Gasteiger partial charge >= 0.3 is 0 Å². The topological polar surface area (TPSA) is 41.8 Å². The van der Waals surface area contributed by atoms with E-state index in [0.29, 0.717) is 12.3 Å². The van der Waals surface area contributed by atoms with Crippen molar-refractivity contribution in [2.75, 3.05) is 6.61 Å². The molecule has 70 valence electrons. The molecule has 0 aliphatic heterocycles. The molecule has 0 aromatic heterocycles. The van der Waals surface area contributed by atoms with Gasteiger partial charge in [-0.3, -0.25) is 0 Å². The molecule has 0 aliphatic carbocycles. The van der Waals surface area contributed by atoms with Gasteiger partial charge in [0.1, 0.15) is 5.75 Å². The summed E-state index contributed by atoms with van der Waals surface area (Å²) < 4.78 is 5.27. The Morgan fingerprint density at radius 2 is 2.00 bits per heavy atom. The number of rotatable bonds is 3. The van der Waals surface area contributed by atoms with Gasteiger partial charge < -0.3 is 9.94 Å². The van der Waals surface area contributed by atoms with E-state index in [1.165, 1.54) is 0 Å². The van der Waals surface area contributed by atoms with Gasteiger partial charge in [-0.25, -0.2) is 0 Å². The average Bonchev–Trinajstić information content (AvgIpc) is 2.18. The van der Waals surface area contributed by atoms with Gasteiger partial charge in [0.2, 0.25) is 0 Å². The number of nitrogens with zero attached hydrogens (tertiary/aromatic N) is 1. The number of ether oxygens (including phenoxy) is 1. The highest BCUT2D eigenvalue weighted by Gasteiger charge is 1.97. The van der Waals surface area contributed by atoms with E-state index >= 15 is 0 Å². The summed E-state index contributed by atoms with van der Waals surface area (Å²) in [5, 5.41) is 11.6. The summed E-state index contributed by atoms with van der Waals surface area (Å²) in [5.41, 5.74) is 1.49. The summed E-state index contributed by atoms with van der Waals surface area (Å²) >= 11 is 0. The number of benzene rings is 1. The third-order valence-corrected chi connectivity index (χ3v) is 1.73. The Bertz CT molecular complexity index is 290. The lowest BCUT2D eigenvalue weighted by atomic mass is 10.1. The zero-order chi connectivity index (χ0) is 9.68. The smallest absolute Gasteiger partial charge is 0.119 e. The fourth-order valence-corrected chi connectivity index (χ4v) is 1.02. The highest BCUT2D eigenvalue weighted by molar-refractivity contribution is 5.98. The van der Waals surface area contributed by atoms with Crippen LogP contribution in [0.25, 0.3) is 0 Å². The average molecular weight is 179 g/mol. The van der Waals surface area contributed by atoms with Crippen molar-refractivity contribution in [2.24, 2.45) is 5.16 Å². The predicted molar refractivity (Wildman–Crippen MR) is 51.6 cm³/mol. The monoisotopic (exact) mass is 179 g/mol. The van der Waals surface area contributed by atoms with Gasteiger partial charge in [-0.1, -0.05) is 5.16 Å². The van der Waals surface area contributed by atoms with Crippen LogP contribution < -0.4 is 4.74 Å². The fourth-order valence-electron chi connectivity index (χ4n) is 1.02. The Balaban J connectivity index is 2.81. The molecule has 1 rings (SSSR count). The molecule has 0 heterocycles. The second-order valence-corrected chi connectivity index (χ2v) is 2.64. The largest absolute Gasteiger partial charge is 0.494 e. The standard InChI is InChI=1S/C10H13NO2/c1-3-13-10-6-4-9(5-7-10)8(2)11-12/h4-7,12H,3H2,1-2H3/b11-8+. The molecular formula is C10H13NO2. The summed E-state index contributed by atoms with van der Waals surface area (Å²) in [7, 11) is 0. The molecule has 0 saturated carbocycles. The number of oxime groups is 1. The van der Waals surface area contributed by atoms with Crippen LogP contribution in [0.2, 0.25) is 0 Å². The van der Waals surface area contributed by atoms with Gasteiger partial charge in [0.15, 0.2) is 0 Å². The van der Waals surface area contributed by atoms with Crippen LogP contribution in [0, 0.1) is 0 Å². The second kappa shape index (κ2) is 4.50. The van der Waals surface area contributed by atoms with E-state index in [4.69, 9.17) is 9.94 Å². The highest BCUT2D eigenvalue weighted by Crippen LogP contribution is 2.12. The SMILES string of the molecule is CCOc1ccc(/C(C)=N/O)cc1. The van der Waals surface area contributed by atoms with Crippen molar-refractivity contribution in [1.82, 2.24) is 0 Å². The van der Waals surface area contributed by atoms with E-state index in [0.717, 1.165) is 11.3 Å². The lowest BCUT2D eigenvalue weighted by Gasteiger charge is -2.03. The normalized spacial score (nSPS) is 11.4. The molecule has 0 bridgehead atoms. The minimum Gasteiger partial charge on any atom is -0.494 e. The molecule has 13 heavy (non-hydrogen) atoms. The van der Waals surface area contributed by atoms with E-state index < -0.39 is 0 Å². The van der Waals surface area contributed by atoms with Crippen molar-refractivity contribution in [3.05, 3.63) is 29.8 Å². The van der Waals surface area contributed by atoms with Crippen LogP contribution in [0.4, 0.5) is 0 Å². The van der Waals surface area contributed by atoms with Crippen molar-refractivity contribution in [2.45, 2.75) is 13.8 Å². The Hall–Kier alpha value is -1.51. The third kappa shape index (κ3) is 2.47. The molecular weight excluding hydrogens is 166 g/mol. The van der Waals surface area contributed by atoms with E-state index in [1.807, 2.05) is 31.2 Å². The maximum Gasteiger partial charge on any atom is 0.119 e. The van der Waals surface area contributed by atoms with Gasteiger partial charge in [0, 0.05) is 0 Å². The van der Waals surface area contributed by atoms with Crippen LogP contribution in [-0.4, -0.2) is 17.5 Å². The zero-order valence-corrected chi connectivity index (χ0v) is 7.82. The van der Waals surface area contributed by atoms with Crippen molar-refractivity contribution in [3.63, 3.8) is 0 Å². The molecule has 0 unspecified atom stereocenters. The van der Waals surface area contributed by atoms with Gasteiger partial charge in [-0.05, 0) is 43.7 Å². The second-order valence-electron chi connectivity index (χ2n) is 2.64. The lowest BCUT2D eigenvalue weighted by molar-refractivity contribution is 0.319. The molecule has 0 amide bonds. The molecule has 0 fully saturated rings. The predicted octanol–water partition coefficient (Wildman–Crippen LogP) is 2.28. The molecule has 0 atom stereocenters. The Morgan fingerprint density at radius 3 is 2.46 bits per heavy atom.